The first-order chi connectivity index (χ1) is 7.95. The average Bonchev–Trinajstić information content (AvgIpc) is 2.26. The molecule has 0 spiro atoms. The fraction of sp³-hybridized carbons (Fsp3) is 0.545. The summed E-state index contributed by atoms with van der Waals surface area (Å²) < 4.78 is 28.0. The Balaban J connectivity index is 2.78. The van der Waals surface area contributed by atoms with Gasteiger partial charge in [0, 0.05) is 26.1 Å². The van der Waals surface area contributed by atoms with Gasteiger partial charge in [0.15, 0.2) is 9.84 Å². The lowest BCUT2D eigenvalue weighted by molar-refractivity contribution is 0.164. The maximum Gasteiger partial charge on any atom is 0.179 e. The van der Waals surface area contributed by atoms with Gasteiger partial charge >= 0.3 is 0 Å². The first kappa shape index (κ1) is 13.9. The third-order valence-electron chi connectivity index (χ3n) is 2.24. The quantitative estimate of drug-likeness (QED) is 0.830. The molecule has 6 heteroatoms. The van der Waals surface area contributed by atoms with Crippen LogP contribution in [0.25, 0.3) is 0 Å². The molecule has 0 aromatic carbocycles. The molecular formula is C11H18N2O3S. The summed E-state index contributed by atoms with van der Waals surface area (Å²) in [6, 6.07) is 3.16. The summed E-state index contributed by atoms with van der Waals surface area (Å²) in [6.07, 6.45) is 2.74. The van der Waals surface area contributed by atoms with E-state index in [1.165, 1.54) is 6.26 Å². The molecule has 1 N–H and O–H groups in total. The maximum atomic E-state index is 11.5. The van der Waals surface area contributed by atoms with Gasteiger partial charge in [-0.05, 0) is 18.1 Å². The lowest BCUT2D eigenvalue weighted by Crippen LogP contribution is -2.18. The van der Waals surface area contributed by atoms with Crippen LogP contribution in [0, 0.1) is 5.92 Å². The highest BCUT2D eigenvalue weighted by atomic mass is 32.2. The summed E-state index contributed by atoms with van der Waals surface area (Å²) in [4.78, 5) is 4.27. The molecular weight excluding hydrogens is 240 g/mol. The van der Waals surface area contributed by atoms with Gasteiger partial charge in [-0.3, -0.25) is 0 Å². The van der Waals surface area contributed by atoms with Crippen LogP contribution >= 0.6 is 0 Å². The number of hydrogen-bond acceptors (Lipinski definition) is 5. The van der Waals surface area contributed by atoms with E-state index in [1.807, 2.05) is 6.92 Å². The Bertz CT molecular complexity index is 460. The number of nitrogens with one attached hydrogen (secondary N) is 1. The van der Waals surface area contributed by atoms with Crippen LogP contribution in [0.3, 0.4) is 0 Å². The Kier molecular flexibility index (Phi) is 4.89. The number of anilines is 1. The van der Waals surface area contributed by atoms with Crippen LogP contribution in [0.4, 0.5) is 5.82 Å². The molecule has 1 rings (SSSR count). The molecule has 0 bridgehead atoms. The Morgan fingerprint density at radius 3 is 2.82 bits per heavy atom. The summed E-state index contributed by atoms with van der Waals surface area (Å²) in [5, 5.41) is 3.03. The van der Waals surface area contributed by atoms with Gasteiger partial charge in [-0.2, -0.15) is 0 Å². The van der Waals surface area contributed by atoms with Crippen molar-refractivity contribution in [2.75, 3.05) is 31.8 Å². The Hall–Kier alpha value is -1.14. The van der Waals surface area contributed by atoms with Crippen molar-refractivity contribution in [1.29, 1.82) is 0 Å². The van der Waals surface area contributed by atoms with E-state index in [1.54, 1.807) is 25.4 Å². The van der Waals surface area contributed by atoms with E-state index >= 15 is 0 Å². The topological polar surface area (TPSA) is 68.3 Å². The van der Waals surface area contributed by atoms with Crippen LogP contribution in [-0.4, -0.2) is 39.9 Å². The van der Waals surface area contributed by atoms with E-state index in [2.05, 4.69) is 10.3 Å². The average molecular weight is 258 g/mol. The zero-order valence-corrected chi connectivity index (χ0v) is 11.1. The normalized spacial score (nSPS) is 13.4. The van der Waals surface area contributed by atoms with Crippen molar-refractivity contribution in [2.45, 2.75) is 11.8 Å². The molecule has 0 radical (unpaired) electrons. The lowest BCUT2D eigenvalue weighted by atomic mass is 10.2. The lowest BCUT2D eigenvalue weighted by Gasteiger charge is -2.13. The van der Waals surface area contributed by atoms with Crippen molar-refractivity contribution in [3.05, 3.63) is 18.3 Å². The fourth-order valence-corrected chi connectivity index (χ4v) is 2.24. The highest BCUT2D eigenvalue weighted by Crippen LogP contribution is 2.17. The molecule has 0 saturated carbocycles. The molecule has 1 heterocycles. The SMILES string of the molecule is COCC(C)CNc1ncccc1S(C)(=O)=O. The van der Waals surface area contributed by atoms with Crippen LogP contribution < -0.4 is 5.32 Å². The second-order valence-corrected chi connectivity index (χ2v) is 6.05. The molecule has 1 unspecified atom stereocenters. The summed E-state index contributed by atoms with van der Waals surface area (Å²) in [5.41, 5.74) is 0. The smallest absolute Gasteiger partial charge is 0.179 e. The van der Waals surface area contributed by atoms with Crippen LogP contribution in [0.2, 0.25) is 0 Å². The fourth-order valence-electron chi connectivity index (χ4n) is 1.44. The molecule has 1 aromatic heterocycles. The highest BCUT2D eigenvalue weighted by Gasteiger charge is 2.14. The molecule has 0 aliphatic heterocycles. The standard InChI is InChI=1S/C11H18N2O3S/c1-9(8-16-2)7-13-11-10(17(3,14)15)5-4-6-12-11/h4-6,9H,7-8H2,1-3H3,(H,12,13). The van der Waals surface area contributed by atoms with Crippen LogP contribution in [-0.2, 0) is 14.6 Å². The van der Waals surface area contributed by atoms with Gasteiger partial charge in [0.25, 0.3) is 0 Å². The van der Waals surface area contributed by atoms with E-state index in [0.717, 1.165) is 0 Å². The first-order valence-corrected chi connectivity index (χ1v) is 7.22. The summed E-state index contributed by atoms with van der Waals surface area (Å²) in [7, 11) is -1.61. The van der Waals surface area contributed by atoms with Gasteiger partial charge < -0.3 is 10.1 Å². The van der Waals surface area contributed by atoms with Crippen LogP contribution in [0.1, 0.15) is 6.92 Å². The van der Waals surface area contributed by atoms with Crippen molar-refractivity contribution < 1.29 is 13.2 Å². The highest BCUT2D eigenvalue weighted by molar-refractivity contribution is 7.90. The molecule has 96 valence electrons. The van der Waals surface area contributed by atoms with Gasteiger partial charge in [-0.1, -0.05) is 6.92 Å². The molecule has 1 atom stereocenters. The van der Waals surface area contributed by atoms with Gasteiger partial charge in [0.1, 0.15) is 10.7 Å². The van der Waals surface area contributed by atoms with E-state index in [-0.39, 0.29) is 10.8 Å². The van der Waals surface area contributed by atoms with E-state index in [0.29, 0.717) is 19.0 Å². The zero-order valence-electron chi connectivity index (χ0n) is 10.3. The number of hydrogen-bond donors (Lipinski definition) is 1. The van der Waals surface area contributed by atoms with E-state index < -0.39 is 9.84 Å². The number of sulfone groups is 1. The Morgan fingerprint density at radius 1 is 1.53 bits per heavy atom. The van der Waals surface area contributed by atoms with Crippen molar-refractivity contribution in [1.82, 2.24) is 4.98 Å². The Labute approximate surface area is 102 Å². The zero-order chi connectivity index (χ0) is 12.9. The largest absolute Gasteiger partial charge is 0.384 e. The predicted octanol–water partition coefficient (Wildman–Crippen LogP) is 1.18. The molecule has 0 fully saturated rings. The first-order valence-electron chi connectivity index (χ1n) is 5.33. The van der Waals surface area contributed by atoms with Crippen LogP contribution in [0.15, 0.2) is 23.2 Å². The minimum atomic E-state index is -3.25. The Morgan fingerprint density at radius 2 is 2.24 bits per heavy atom. The van der Waals surface area contributed by atoms with Crippen LogP contribution in [0.5, 0.6) is 0 Å². The van der Waals surface area contributed by atoms with Crippen molar-refractivity contribution >= 4 is 15.7 Å². The molecule has 0 saturated heterocycles. The molecule has 0 amide bonds. The number of methoxy groups -OCH3 is 1. The number of ether oxygens (including phenoxy) is 1. The summed E-state index contributed by atoms with van der Waals surface area (Å²) in [5.74, 6) is 0.687. The molecule has 5 nitrogen and oxygen atoms in total. The molecule has 0 aliphatic carbocycles. The minimum absolute atomic E-state index is 0.226. The van der Waals surface area contributed by atoms with Gasteiger partial charge in [-0.15, -0.1) is 0 Å². The maximum absolute atomic E-state index is 11.5. The monoisotopic (exact) mass is 258 g/mol. The number of nitrogens with zero attached hydrogens (tertiary/aromatic N) is 1. The van der Waals surface area contributed by atoms with E-state index in [9.17, 15) is 8.42 Å². The third kappa shape index (κ3) is 4.32. The number of aromatic nitrogens is 1. The summed E-state index contributed by atoms with van der Waals surface area (Å²) in [6.45, 7) is 3.25. The molecule has 1 aromatic rings. The third-order valence-corrected chi connectivity index (χ3v) is 3.37. The van der Waals surface area contributed by atoms with Gasteiger partial charge in [0.05, 0.1) is 6.61 Å². The second-order valence-electron chi connectivity index (χ2n) is 4.06. The molecule has 0 aliphatic rings. The van der Waals surface area contributed by atoms with Crippen molar-refractivity contribution in [3.63, 3.8) is 0 Å². The predicted molar refractivity (Wildman–Crippen MR) is 66.9 cm³/mol. The van der Waals surface area contributed by atoms with E-state index in [4.69, 9.17) is 4.74 Å². The number of rotatable bonds is 6. The van der Waals surface area contributed by atoms with Crippen molar-refractivity contribution in [3.8, 4) is 0 Å². The van der Waals surface area contributed by atoms with Crippen molar-refractivity contribution in [2.24, 2.45) is 5.92 Å². The number of pyridine rings is 1. The summed E-state index contributed by atoms with van der Waals surface area (Å²) >= 11 is 0. The van der Waals surface area contributed by atoms with Gasteiger partial charge in [-0.25, -0.2) is 13.4 Å². The minimum Gasteiger partial charge on any atom is -0.384 e. The molecule has 17 heavy (non-hydrogen) atoms. The van der Waals surface area contributed by atoms with Gasteiger partial charge in [0.2, 0.25) is 0 Å². The second kappa shape index (κ2) is 5.97.